The number of carbonyl (C=O) groups is 2. The molecule has 6 nitrogen and oxygen atoms in total. The average Bonchev–Trinajstić information content (AvgIpc) is 2.79. The fraction of sp³-hybridized carbons (Fsp3) is 0.167. The molecule has 0 spiro atoms. The second kappa shape index (κ2) is 10.6. The molecule has 162 valence electrons. The van der Waals surface area contributed by atoms with E-state index in [1.165, 1.54) is 23.1 Å². The Morgan fingerprint density at radius 2 is 1.84 bits per heavy atom. The Hall–Kier alpha value is -3.70. The van der Waals surface area contributed by atoms with Crippen LogP contribution in [0.15, 0.2) is 65.7 Å². The molecule has 2 aromatic carbocycles. The van der Waals surface area contributed by atoms with E-state index in [2.05, 4.69) is 16.4 Å². The van der Waals surface area contributed by atoms with Crippen LogP contribution in [0.1, 0.15) is 27.2 Å². The standard InChI is InChI=1S/C24H21FN4O2S/c1-16-21(23(31)28-20-6-4-3-5-7-20)12-18(13-26)24(27-16)32-15-22(30)29(2)14-17-8-10-19(25)11-9-17/h3-12H,14-15H2,1-2H3,(H,28,31). The summed E-state index contributed by atoms with van der Waals surface area (Å²) in [6, 6.07) is 18.5. The van der Waals surface area contributed by atoms with Crippen molar-refractivity contribution in [2.75, 3.05) is 18.1 Å². The smallest absolute Gasteiger partial charge is 0.257 e. The zero-order valence-corrected chi connectivity index (χ0v) is 18.4. The molecule has 0 aliphatic heterocycles. The first-order valence-corrected chi connectivity index (χ1v) is 10.8. The van der Waals surface area contributed by atoms with Gasteiger partial charge in [0, 0.05) is 19.3 Å². The maximum atomic E-state index is 13.0. The number of hydrogen-bond acceptors (Lipinski definition) is 5. The van der Waals surface area contributed by atoms with Crippen LogP contribution in [0, 0.1) is 24.1 Å². The molecule has 0 aliphatic carbocycles. The zero-order chi connectivity index (χ0) is 23.1. The highest BCUT2D eigenvalue weighted by molar-refractivity contribution is 8.00. The molecular formula is C24H21FN4O2S. The number of nitrogens with zero attached hydrogens (tertiary/aromatic N) is 3. The number of aromatic nitrogens is 1. The third kappa shape index (κ3) is 5.93. The molecule has 32 heavy (non-hydrogen) atoms. The number of carbonyl (C=O) groups excluding carboxylic acids is 2. The number of thioether (sulfide) groups is 1. The minimum Gasteiger partial charge on any atom is -0.341 e. The molecule has 1 N–H and O–H groups in total. The van der Waals surface area contributed by atoms with Crippen LogP contribution in [0.2, 0.25) is 0 Å². The van der Waals surface area contributed by atoms with Gasteiger partial charge in [-0.3, -0.25) is 9.59 Å². The Morgan fingerprint density at radius 3 is 2.50 bits per heavy atom. The molecule has 8 heteroatoms. The van der Waals surface area contributed by atoms with Gasteiger partial charge < -0.3 is 10.2 Å². The number of nitriles is 1. The first-order valence-electron chi connectivity index (χ1n) is 9.76. The van der Waals surface area contributed by atoms with Gasteiger partial charge >= 0.3 is 0 Å². The largest absolute Gasteiger partial charge is 0.341 e. The van der Waals surface area contributed by atoms with Gasteiger partial charge in [0.2, 0.25) is 5.91 Å². The second-order valence-electron chi connectivity index (χ2n) is 7.07. The number of halogens is 1. The summed E-state index contributed by atoms with van der Waals surface area (Å²) in [5.74, 6) is -0.767. The fourth-order valence-corrected chi connectivity index (χ4v) is 3.86. The Labute approximate surface area is 190 Å². The Bertz CT molecular complexity index is 1160. The number of hydrogen-bond donors (Lipinski definition) is 1. The topological polar surface area (TPSA) is 86.1 Å². The third-order valence-electron chi connectivity index (χ3n) is 4.67. The van der Waals surface area contributed by atoms with Crippen LogP contribution in [0.25, 0.3) is 0 Å². The van der Waals surface area contributed by atoms with Gasteiger partial charge in [-0.15, -0.1) is 0 Å². The van der Waals surface area contributed by atoms with E-state index in [4.69, 9.17) is 0 Å². The molecule has 0 atom stereocenters. The van der Waals surface area contributed by atoms with Crippen molar-refractivity contribution in [2.24, 2.45) is 0 Å². The van der Waals surface area contributed by atoms with Crippen molar-refractivity contribution in [3.8, 4) is 6.07 Å². The summed E-state index contributed by atoms with van der Waals surface area (Å²) in [6.07, 6.45) is 0. The minimum absolute atomic E-state index is 0.0778. The van der Waals surface area contributed by atoms with Crippen molar-refractivity contribution < 1.29 is 14.0 Å². The van der Waals surface area contributed by atoms with Crippen LogP contribution in [-0.4, -0.2) is 34.5 Å². The van der Waals surface area contributed by atoms with E-state index >= 15 is 0 Å². The van der Waals surface area contributed by atoms with Gasteiger partial charge in [0.25, 0.3) is 5.91 Å². The van der Waals surface area contributed by atoms with Crippen molar-refractivity contribution in [3.63, 3.8) is 0 Å². The number of benzene rings is 2. The summed E-state index contributed by atoms with van der Waals surface area (Å²) in [4.78, 5) is 31.0. The lowest BCUT2D eigenvalue weighted by molar-refractivity contribution is -0.127. The first kappa shape index (κ1) is 23.0. The maximum absolute atomic E-state index is 13.0. The molecule has 0 saturated heterocycles. The summed E-state index contributed by atoms with van der Waals surface area (Å²) >= 11 is 1.14. The lowest BCUT2D eigenvalue weighted by Gasteiger charge is -2.17. The van der Waals surface area contributed by atoms with Crippen molar-refractivity contribution in [2.45, 2.75) is 18.5 Å². The van der Waals surface area contributed by atoms with Gasteiger partial charge in [-0.05, 0) is 42.8 Å². The number of nitrogens with one attached hydrogen (secondary N) is 1. The van der Waals surface area contributed by atoms with Crippen LogP contribution >= 0.6 is 11.8 Å². The second-order valence-corrected chi connectivity index (χ2v) is 8.03. The molecule has 1 heterocycles. The Balaban J connectivity index is 1.66. The lowest BCUT2D eigenvalue weighted by atomic mass is 10.1. The summed E-state index contributed by atoms with van der Waals surface area (Å²) in [6.45, 7) is 2.03. The van der Waals surface area contributed by atoms with E-state index in [0.29, 0.717) is 28.5 Å². The van der Waals surface area contributed by atoms with Crippen LogP contribution < -0.4 is 5.32 Å². The van der Waals surface area contributed by atoms with Crippen LogP contribution in [0.3, 0.4) is 0 Å². The monoisotopic (exact) mass is 448 g/mol. The quantitative estimate of drug-likeness (QED) is 0.542. The van der Waals surface area contributed by atoms with Gasteiger partial charge in [-0.25, -0.2) is 9.37 Å². The molecule has 0 radical (unpaired) electrons. The fourth-order valence-electron chi connectivity index (χ4n) is 2.92. The van der Waals surface area contributed by atoms with Gasteiger partial charge in [-0.1, -0.05) is 42.1 Å². The number of amides is 2. The molecule has 3 rings (SSSR count). The predicted molar refractivity (Wildman–Crippen MR) is 122 cm³/mol. The summed E-state index contributed by atoms with van der Waals surface area (Å²) < 4.78 is 13.0. The molecule has 3 aromatic rings. The maximum Gasteiger partial charge on any atom is 0.257 e. The summed E-state index contributed by atoms with van der Waals surface area (Å²) in [7, 11) is 1.66. The molecule has 2 amide bonds. The highest BCUT2D eigenvalue weighted by atomic mass is 32.2. The van der Waals surface area contributed by atoms with Crippen LogP contribution in [0.5, 0.6) is 0 Å². The Morgan fingerprint density at radius 1 is 1.16 bits per heavy atom. The zero-order valence-electron chi connectivity index (χ0n) is 17.6. The SMILES string of the molecule is Cc1nc(SCC(=O)N(C)Cc2ccc(F)cc2)c(C#N)cc1C(=O)Nc1ccccc1. The molecule has 0 saturated carbocycles. The number of pyridine rings is 1. The third-order valence-corrected chi connectivity index (χ3v) is 5.64. The number of para-hydroxylation sites is 1. The van der Waals surface area contributed by atoms with E-state index in [0.717, 1.165) is 17.3 Å². The molecule has 1 aromatic heterocycles. The van der Waals surface area contributed by atoms with Gasteiger partial charge in [-0.2, -0.15) is 5.26 Å². The Kier molecular flexibility index (Phi) is 7.58. The van der Waals surface area contributed by atoms with Gasteiger partial charge in [0.15, 0.2) is 0 Å². The van der Waals surface area contributed by atoms with Crippen molar-refractivity contribution in [1.82, 2.24) is 9.88 Å². The predicted octanol–water partition coefficient (Wildman–Crippen LogP) is 4.40. The van der Waals surface area contributed by atoms with Gasteiger partial charge in [0.05, 0.1) is 22.6 Å². The van der Waals surface area contributed by atoms with Crippen molar-refractivity contribution in [3.05, 3.63) is 88.9 Å². The number of aryl methyl sites for hydroxylation is 1. The number of rotatable bonds is 7. The first-order chi connectivity index (χ1) is 15.4. The molecule has 0 unspecified atom stereocenters. The molecule has 0 fully saturated rings. The summed E-state index contributed by atoms with van der Waals surface area (Å²) in [5.41, 5.74) is 2.45. The molecular weight excluding hydrogens is 427 g/mol. The minimum atomic E-state index is -0.357. The molecule has 0 bridgehead atoms. The normalized spacial score (nSPS) is 10.3. The molecule has 0 aliphatic rings. The highest BCUT2D eigenvalue weighted by Gasteiger charge is 2.17. The lowest BCUT2D eigenvalue weighted by Crippen LogP contribution is -2.27. The summed E-state index contributed by atoms with van der Waals surface area (Å²) in [5, 5.41) is 12.7. The van der Waals surface area contributed by atoms with E-state index in [-0.39, 0.29) is 28.9 Å². The van der Waals surface area contributed by atoms with Crippen molar-refractivity contribution in [1.29, 1.82) is 5.26 Å². The number of anilines is 1. The van der Waals surface area contributed by atoms with E-state index in [9.17, 15) is 19.2 Å². The van der Waals surface area contributed by atoms with E-state index < -0.39 is 0 Å². The van der Waals surface area contributed by atoms with Crippen LogP contribution in [-0.2, 0) is 11.3 Å². The highest BCUT2D eigenvalue weighted by Crippen LogP contribution is 2.24. The average molecular weight is 449 g/mol. The van der Waals surface area contributed by atoms with E-state index in [1.807, 2.05) is 18.2 Å². The van der Waals surface area contributed by atoms with E-state index in [1.54, 1.807) is 38.2 Å². The van der Waals surface area contributed by atoms with Crippen molar-refractivity contribution >= 4 is 29.3 Å². The van der Waals surface area contributed by atoms with Crippen LogP contribution in [0.4, 0.5) is 10.1 Å². The van der Waals surface area contributed by atoms with Gasteiger partial charge in [0.1, 0.15) is 16.9 Å².